The van der Waals surface area contributed by atoms with E-state index in [2.05, 4.69) is 15.0 Å². The number of halogens is 1. The molecule has 3 heterocycles. The van der Waals surface area contributed by atoms with Crippen LogP contribution in [0.2, 0.25) is 0 Å². The second kappa shape index (κ2) is 4.95. The van der Waals surface area contributed by atoms with Gasteiger partial charge >= 0.3 is 0 Å². The van der Waals surface area contributed by atoms with Crippen LogP contribution in [0.5, 0.6) is 0 Å². The number of carbonyl (C=O) groups excluding carboxylic acids is 1. The summed E-state index contributed by atoms with van der Waals surface area (Å²) in [5, 5.41) is 0.879. The first-order valence-electron chi connectivity index (χ1n) is 6.92. The molecule has 1 aliphatic rings. The number of primary amides is 1. The molecule has 0 saturated carbocycles. The Kier molecular flexibility index (Phi) is 3.23. The van der Waals surface area contributed by atoms with E-state index in [1.807, 2.05) is 13.0 Å². The van der Waals surface area contributed by atoms with Crippen molar-refractivity contribution in [2.24, 2.45) is 16.6 Å². The fourth-order valence-electron chi connectivity index (χ4n) is 2.75. The van der Waals surface area contributed by atoms with Crippen LogP contribution in [0.15, 0.2) is 23.5 Å². The molecule has 1 amide bonds. The lowest BCUT2D eigenvalue weighted by atomic mass is 9.86. The highest BCUT2D eigenvalue weighted by atomic mass is 19.1. The molecule has 3 rings (SSSR count). The standard InChI is InChI=1S/C15H17FN4O/c1-7-3-9-11(6-19-15(9)18-5-7)13-10(14(17)21)4-12(16)8(2)20-13/h3,5-6,8,10,12H,4H2,1-2H3,(H2,17,21)(H,18,19). The van der Waals surface area contributed by atoms with Crippen LogP contribution < -0.4 is 5.73 Å². The molecule has 0 saturated heterocycles. The van der Waals surface area contributed by atoms with Crippen LogP contribution >= 0.6 is 0 Å². The van der Waals surface area contributed by atoms with E-state index in [9.17, 15) is 9.18 Å². The Labute approximate surface area is 121 Å². The summed E-state index contributed by atoms with van der Waals surface area (Å²) in [6.45, 7) is 3.65. The van der Waals surface area contributed by atoms with Crippen molar-refractivity contribution < 1.29 is 9.18 Å². The fraction of sp³-hybridized carbons (Fsp3) is 0.400. The normalized spacial score (nSPS) is 25.9. The number of pyridine rings is 1. The Bertz CT molecular complexity index is 736. The lowest BCUT2D eigenvalue weighted by Crippen LogP contribution is -2.39. The van der Waals surface area contributed by atoms with Gasteiger partial charge in [-0.3, -0.25) is 9.79 Å². The van der Waals surface area contributed by atoms with E-state index in [1.54, 1.807) is 19.3 Å². The average Bonchev–Trinajstić information content (AvgIpc) is 2.84. The van der Waals surface area contributed by atoms with E-state index >= 15 is 0 Å². The van der Waals surface area contributed by atoms with Gasteiger partial charge < -0.3 is 10.7 Å². The van der Waals surface area contributed by atoms with Crippen molar-refractivity contribution in [2.75, 3.05) is 0 Å². The highest BCUT2D eigenvalue weighted by Crippen LogP contribution is 2.29. The Hall–Kier alpha value is -2.24. The predicted octanol–water partition coefficient (Wildman–Crippen LogP) is 1.89. The van der Waals surface area contributed by atoms with Crippen LogP contribution in [0.4, 0.5) is 4.39 Å². The minimum absolute atomic E-state index is 0.0846. The number of aliphatic imine (C=N–C) groups is 1. The van der Waals surface area contributed by atoms with Crippen molar-refractivity contribution in [3.8, 4) is 0 Å². The minimum Gasteiger partial charge on any atom is -0.369 e. The van der Waals surface area contributed by atoms with Crippen molar-refractivity contribution >= 4 is 22.7 Å². The third kappa shape index (κ3) is 2.30. The molecular formula is C15H17FN4O. The first kappa shape index (κ1) is 13.7. The van der Waals surface area contributed by atoms with Crippen molar-refractivity contribution in [3.63, 3.8) is 0 Å². The van der Waals surface area contributed by atoms with Gasteiger partial charge in [0, 0.05) is 23.3 Å². The van der Waals surface area contributed by atoms with Crippen LogP contribution in [-0.2, 0) is 4.79 Å². The van der Waals surface area contributed by atoms with E-state index < -0.39 is 24.0 Å². The number of aryl methyl sites for hydroxylation is 1. The first-order valence-corrected chi connectivity index (χ1v) is 6.92. The molecule has 5 nitrogen and oxygen atoms in total. The van der Waals surface area contributed by atoms with Gasteiger partial charge in [0.05, 0.1) is 17.7 Å². The molecule has 3 N–H and O–H groups in total. The van der Waals surface area contributed by atoms with Gasteiger partial charge in [-0.1, -0.05) is 0 Å². The monoisotopic (exact) mass is 288 g/mol. The van der Waals surface area contributed by atoms with Gasteiger partial charge in [0.25, 0.3) is 0 Å². The van der Waals surface area contributed by atoms with Crippen LogP contribution in [-0.4, -0.2) is 33.8 Å². The molecule has 0 aliphatic carbocycles. The molecule has 2 aromatic heterocycles. The summed E-state index contributed by atoms with van der Waals surface area (Å²) >= 11 is 0. The highest BCUT2D eigenvalue weighted by molar-refractivity contribution is 6.18. The smallest absolute Gasteiger partial charge is 0.226 e. The Morgan fingerprint density at radius 1 is 1.52 bits per heavy atom. The van der Waals surface area contributed by atoms with Crippen molar-refractivity contribution in [2.45, 2.75) is 32.5 Å². The van der Waals surface area contributed by atoms with Gasteiger partial charge in [-0.15, -0.1) is 0 Å². The number of aromatic nitrogens is 2. The van der Waals surface area contributed by atoms with Crippen LogP contribution in [0.25, 0.3) is 11.0 Å². The number of amides is 1. The largest absolute Gasteiger partial charge is 0.369 e. The number of nitrogens with zero attached hydrogens (tertiary/aromatic N) is 2. The number of H-pyrrole nitrogens is 1. The maximum absolute atomic E-state index is 13.8. The van der Waals surface area contributed by atoms with E-state index in [4.69, 9.17) is 5.73 Å². The van der Waals surface area contributed by atoms with Crippen LogP contribution in [0.1, 0.15) is 24.5 Å². The van der Waals surface area contributed by atoms with Gasteiger partial charge in [-0.2, -0.15) is 0 Å². The number of rotatable bonds is 2. The molecule has 6 heteroatoms. The second-order valence-electron chi connectivity index (χ2n) is 5.57. The molecule has 0 spiro atoms. The zero-order valence-corrected chi connectivity index (χ0v) is 11.9. The van der Waals surface area contributed by atoms with Crippen molar-refractivity contribution in [1.29, 1.82) is 0 Å². The molecule has 110 valence electrons. The van der Waals surface area contributed by atoms with Crippen LogP contribution in [0.3, 0.4) is 0 Å². The molecular weight excluding hydrogens is 271 g/mol. The van der Waals surface area contributed by atoms with Crippen LogP contribution in [0, 0.1) is 12.8 Å². The number of hydrogen-bond donors (Lipinski definition) is 2. The van der Waals surface area contributed by atoms with Crippen molar-refractivity contribution in [1.82, 2.24) is 9.97 Å². The first-order chi connectivity index (χ1) is 9.97. The van der Waals surface area contributed by atoms with Gasteiger partial charge in [0.1, 0.15) is 11.8 Å². The van der Waals surface area contributed by atoms with E-state index in [1.165, 1.54) is 0 Å². The summed E-state index contributed by atoms with van der Waals surface area (Å²) in [5.41, 5.74) is 8.50. The van der Waals surface area contributed by atoms with E-state index in [-0.39, 0.29) is 6.42 Å². The lowest BCUT2D eigenvalue weighted by Gasteiger charge is -2.27. The summed E-state index contributed by atoms with van der Waals surface area (Å²) < 4.78 is 13.8. The SMILES string of the molecule is Cc1cnc2[nH]cc(C3=NC(C)C(F)CC3C(N)=O)c2c1. The van der Waals surface area contributed by atoms with Crippen molar-refractivity contribution in [3.05, 3.63) is 29.6 Å². The van der Waals surface area contributed by atoms with Gasteiger partial charge in [0.15, 0.2) is 0 Å². The number of nitrogens with two attached hydrogens (primary N) is 1. The summed E-state index contributed by atoms with van der Waals surface area (Å²) in [6.07, 6.45) is 2.46. The minimum atomic E-state index is -1.14. The molecule has 2 aromatic rings. The average molecular weight is 288 g/mol. The molecule has 0 bridgehead atoms. The van der Waals surface area contributed by atoms with Gasteiger partial charge in [-0.05, 0) is 31.9 Å². The topological polar surface area (TPSA) is 84.1 Å². The van der Waals surface area contributed by atoms with E-state index in [0.717, 1.165) is 22.2 Å². The zero-order chi connectivity index (χ0) is 15.1. The zero-order valence-electron chi connectivity index (χ0n) is 11.9. The second-order valence-corrected chi connectivity index (χ2v) is 5.57. The Balaban J connectivity index is 2.17. The molecule has 1 aliphatic heterocycles. The summed E-state index contributed by atoms with van der Waals surface area (Å²) in [7, 11) is 0. The molecule has 0 aromatic carbocycles. The number of hydrogen-bond acceptors (Lipinski definition) is 3. The van der Waals surface area contributed by atoms with Gasteiger partial charge in [0.2, 0.25) is 5.91 Å². The number of alkyl halides is 1. The summed E-state index contributed by atoms with van der Waals surface area (Å²) in [5.74, 6) is -1.24. The lowest BCUT2D eigenvalue weighted by molar-refractivity contribution is -0.120. The highest BCUT2D eigenvalue weighted by Gasteiger charge is 2.35. The van der Waals surface area contributed by atoms with E-state index in [0.29, 0.717) is 5.71 Å². The number of carbonyl (C=O) groups is 1. The number of nitrogens with one attached hydrogen (secondary N) is 1. The third-order valence-electron chi connectivity index (χ3n) is 3.94. The maximum atomic E-state index is 13.8. The molecule has 0 fully saturated rings. The number of fused-ring (bicyclic) bond motifs is 1. The molecule has 21 heavy (non-hydrogen) atoms. The maximum Gasteiger partial charge on any atom is 0.226 e. The third-order valence-corrected chi connectivity index (χ3v) is 3.94. The van der Waals surface area contributed by atoms with Gasteiger partial charge in [-0.25, -0.2) is 9.37 Å². The Morgan fingerprint density at radius 2 is 2.29 bits per heavy atom. The summed E-state index contributed by atoms with van der Waals surface area (Å²) in [6, 6.07) is 1.50. The molecule has 3 unspecified atom stereocenters. The predicted molar refractivity (Wildman–Crippen MR) is 79.0 cm³/mol. The molecule has 3 atom stereocenters. The summed E-state index contributed by atoms with van der Waals surface area (Å²) in [4.78, 5) is 23.4. The quantitative estimate of drug-likeness (QED) is 0.884. The number of aromatic amines is 1. The molecule has 0 radical (unpaired) electrons. The Morgan fingerprint density at radius 3 is 3.00 bits per heavy atom. The fourth-order valence-corrected chi connectivity index (χ4v) is 2.75.